The molecule has 0 aliphatic rings. The minimum atomic E-state index is -1.11. The standard InChI is InChI=1S/C14H15ClN2O3/c1-8-4-5-9(2)11(6-8)17-13(15)12(14(18)19)10(16-17)7-20-3/h4-6H,7H2,1-3H3,(H,18,19). The SMILES string of the molecule is COCc1nn(-c2cc(C)ccc2C)c(Cl)c1C(=O)O. The fraction of sp³-hybridized carbons (Fsp3) is 0.286. The number of aryl methyl sites for hydroxylation is 2. The van der Waals surface area contributed by atoms with Crippen LogP contribution in [0, 0.1) is 13.8 Å². The quantitative estimate of drug-likeness (QED) is 0.941. The topological polar surface area (TPSA) is 64.4 Å². The number of carboxylic acid groups (broad SMARTS) is 1. The van der Waals surface area contributed by atoms with Crippen LogP contribution in [0.2, 0.25) is 5.15 Å². The number of carboxylic acids is 1. The molecule has 6 heteroatoms. The summed E-state index contributed by atoms with van der Waals surface area (Å²) in [5.74, 6) is -1.11. The van der Waals surface area contributed by atoms with Crippen LogP contribution in [0.4, 0.5) is 0 Å². The number of nitrogens with zero attached hydrogens (tertiary/aromatic N) is 2. The summed E-state index contributed by atoms with van der Waals surface area (Å²) < 4.78 is 6.43. The molecule has 0 bridgehead atoms. The van der Waals surface area contributed by atoms with E-state index in [-0.39, 0.29) is 17.3 Å². The summed E-state index contributed by atoms with van der Waals surface area (Å²) in [6.07, 6.45) is 0. The molecule has 0 aliphatic carbocycles. The van der Waals surface area contributed by atoms with Gasteiger partial charge in [0.05, 0.1) is 12.3 Å². The monoisotopic (exact) mass is 294 g/mol. The van der Waals surface area contributed by atoms with E-state index in [9.17, 15) is 9.90 Å². The highest BCUT2D eigenvalue weighted by molar-refractivity contribution is 6.33. The van der Waals surface area contributed by atoms with Crippen LogP contribution < -0.4 is 0 Å². The minimum absolute atomic E-state index is 0.0191. The molecule has 0 amide bonds. The Morgan fingerprint density at radius 3 is 2.75 bits per heavy atom. The number of aromatic nitrogens is 2. The summed E-state index contributed by atoms with van der Waals surface area (Å²) >= 11 is 6.18. The van der Waals surface area contributed by atoms with Crippen molar-refractivity contribution in [2.75, 3.05) is 7.11 Å². The Balaban J connectivity index is 2.66. The van der Waals surface area contributed by atoms with E-state index in [4.69, 9.17) is 16.3 Å². The van der Waals surface area contributed by atoms with Crippen molar-refractivity contribution in [1.82, 2.24) is 9.78 Å². The highest BCUT2D eigenvalue weighted by Crippen LogP contribution is 2.26. The average molecular weight is 295 g/mol. The van der Waals surface area contributed by atoms with Gasteiger partial charge < -0.3 is 9.84 Å². The van der Waals surface area contributed by atoms with E-state index in [1.54, 1.807) is 0 Å². The van der Waals surface area contributed by atoms with Crippen molar-refractivity contribution in [3.8, 4) is 5.69 Å². The molecule has 1 aromatic heterocycles. The molecular formula is C14H15ClN2O3. The molecule has 0 saturated heterocycles. The number of aromatic carboxylic acids is 1. The van der Waals surface area contributed by atoms with Crippen molar-refractivity contribution in [1.29, 1.82) is 0 Å². The molecule has 0 spiro atoms. The van der Waals surface area contributed by atoms with Gasteiger partial charge in [-0.3, -0.25) is 0 Å². The number of methoxy groups -OCH3 is 1. The summed E-state index contributed by atoms with van der Waals surface area (Å²) in [7, 11) is 1.48. The van der Waals surface area contributed by atoms with Crippen LogP contribution in [-0.4, -0.2) is 28.0 Å². The van der Waals surface area contributed by atoms with Crippen molar-refractivity contribution in [3.63, 3.8) is 0 Å². The zero-order valence-electron chi connectivity index (χ0n) is 11.5. The highest BCUT2D eigenvalue weighted by atomic mass is 35.5. The van der Waals surface area contributed by atoms with Crippen molar-refractivity contribution in [2.24, 2.45) is 0 Å². The Bertz CT molecular complexity index is 665. The zero-order chi connectivity index (χ0) is 14.9. The normalized spacial score (nSPS) is 10.8. The second kappa shape index (κ2) is 5.64. The predicted octanol–water partition coefficient (Wildman–Crippen LogP) is 2.99. The Kier molecular flexibility index (Phi) is 4.11. The van der Waals surface area contributed by atoms with E-state index in [2.05, 4.69) is 5.10 Å². The van der Waals surface area contributed by atoms with Crippen LogP contribution in [-0.2, 0) is 11.3 Å². The zero-order valence-corrected chi connectivity index (χ0v) is 12.2. The first kappa shape index (κ1) is 14.6. The molecule has 0 atom stereocenters. The molecule has 2 rings (SSSR count). The average Bonchev–Trinajstić information content (AvgIpc) is 2.70. The summed E-state index contributed by atoms with van der Waals surface area (Å²) in [6, 6.07) is 5.83. The second-order valence-corrected chi connectivity index (χ2v) is 4.91. The molecular weight excluding hydrogens is 280 g/mol. The fourth-order valence-electron chi connectivity index (χ4n) is 2.00. The first-order valence-electron chi connectivity index (χ1n) is 6.03. The van der Waals surface area contributed by atoms with E-state index in [1.165, 1.54) is 11.8 Å². The van der Waals surface area contributed by atoms with Crippen LogP contribution in [0.5, 0.6) is 0 Å². The third-order valence-electron chi connectivity index (χ3n) is 2.99. The maximum absolute atomic E-state index is 11.3. The number of hydrogen-bond acceptors (Lipinski definition) is 3. The van der Waals surface area contributed by atoms with E-state index >= 15 is 0 Å². The number of benzene rings is 1. The lowest BCUT2D eigenvalue weighted by atomic mass is 10.1. The first-order chi connectivity index (χ1) is 9.45. The van der Waals surface area contributed by atoms with Crippen molar-refractivity contribution in [3.05, 3.63) is 45.7 Å². The number of halogens is 1. The Morgan fingerprint density at radius 2 is 2.15 bits per heavy atom. The fourth-order valence-corrected chi connectivity index (χ4v) is 2.31. The maximum atomic E-state index is 11.3. The van der Waals surface area contributed by atoms with Gasteiger partial charge in [-0.1, -0.05) is 23.7 Å². The molecule has 0 fully saturated rings. The minimum Gasteiger partial charge on any atom is -0.478 e. The molecule has 106 valence electrons. The van der Waals surface area contributed by atoms with Crippen LogP contribution >= 0.6 is 11.6 Å². The lowest BCUT2D eigenvalue weighted by Gasteiger charge is -2.08. The van der Waals surface area contributed by atoms with Gasteiger partial charge in [0.1, 0.15) is 16.4 Å². The molecule has 1 N–H and O–H groups in total. The van der Waals surface area contributed by atoms with E-state index in [1.807, 2.05) is 32.0 Å². The Labute approximate surface area is 121 Å². The van der Waals surface area contributed by atoms with Gasteiger partial charge in [-0.2, -0.15) is 5.10 Å². The molecule has 1 aromatic carbocycles. The van der Waals surface area contributed by atoms with E-state index in [0.29, 0.717) is 5.69 Å². The van der Waals surface area contributed by atoms with E-state index < -0.39 is 5.97 Å². The van der Waals surface area contributed by atoms with Crippen LogP contribution in [0.15, 0.2) is 18.2 Å². The molecule has 0 radical (unpaired) electrons. The van der Waals surface area contributed by atoms with Crippen molar-refractivity contribution < 1.29 is 14.6 Å². The third kappa shape index (κ3) is 2.55. The number of ether oxygens (including phenoxy) is 1. The van der Waals surface area contributed by atoms with Gasteiger partial charge in [-0.05, 0) is 31.0 Å². The van der Waals surface area contributed by atoms with Gasteiger partial charge in [-0.15, -0.1) is 0 Å². The van der Waals surface area contributed by atoms with Gasteiger partial charge >= 0.3 is 5.97 Å². The third-order valence-corrected chi connectivity index (χ3v) is 3.34. The Morgan fingerprint density at radius 1 is 1.45 bits per heavy atom. The molecule has 20 heavy (non-hydrogen) atoms. The smallest absolute Gasteiger partial charge is 0.340 e. The van der Waals surface area contributed by atoms with Crippen LogP contribution in [0.25, 0.3) is 5.69 Å². The summed E-state index contributed by atoms with van der Waals surface area (Å²) in [5, 5.41) is 13.6. The molecule has 1 heterocycles. The number of carbonyl (C=O) groups is 1. The van der Waals surface area contributed by atoms with Gasteiger partial charge in [0.15, 0.2) is 0 Å². The lowest BCUT2D eigenvalue weighted by Crippen LogP contribution is -2.01. The molecule has 0 aliphatic heterocycles. The highest BCUT2D eigenvalue weighted by Gasteiger charge is 2.23. The molecule has 2 aromatic rings. The summed E-state index contributed by atoms with van der Waals surface area (Å²) in [4.78, 5) is 11.3. The van der Waals surface area contributed by atoms with Gasteiger partial charge in [-0.25, -0.2) is 9.48 Å². The van der Waals surface area contributed by atoms with Gasteiger partial charge in [0, 0.05) is 7.11 Å². The lowest BCUT2D eigenvalue weighted by molar-refractivity contribution is 0.0692. The molecule has 5 nitrogen and oxygen atoms in total. The van der Waals surface area contributed by atoms with Gasteiger partial charge in [0.25, 0.3) is 0 Å². The predicted molar refractivity (Wildman–Crippen MR) is 75.7 cm³/mol. The molecule has 0 saturated carbocycles. The van der Waals surface area contributed by atoms with Gasteiger partial charge in [0.2, 0.25) is 0 Å². The summed E-state index contributed by atoms with van der Waals surface area (Å²) in [6.45, 7) is 3.97. The second-order valence-electron chi connectivity index (χ2n) is 4.55. The van der Waals surface area contributed by atoms with E-state index in [0.717, 1.165) is 16.8 Å². The molecule has 0 unspecified atom stereocenters. The largest absolute Gasteiger partial charge is 0.478 e. The first-order valence-corrected chi connectivity index (χ1v) is 6.40. The van der Waals surface area contributed by atoms with Crippen LogP contribution in [0.3, 0.4) is 0 Å². The van der Waals surface area contributed by atoms with Crippen molar-refractivity contribution in [2.45, 2.75) is 20.5 Å². The van der Waals surface area contributed by atoms with Crippen molar-refractivity contribution >= 4 is 17.6 Å². The summed E-state index contributed by atoms with van der Waals surface area (Å²) in [5.41, 5.74) is 3.06. The number of rotatable bonds is 4. The maximum Gasteiger partial charge on any atom is 0.340 e. The number of hydrogen-bond donors (Lipinski definition) is 1. The van der Waals surface area contributed by atoms with Crippen LogP contribution in [0.1, 0.15) is 27.2 Å². The Hall–Kier alpha value is -1.85.